The van der Waals surface area contributed by atoms with E-state index in [0.29, 0.717) is 26.7 Å². The number of hydrogen-bond acceptors (Lipinski definition) is 4. The molecule has 0 saturated heterocycles. The molecular weight excluding hydrogens is 371 g/mol. The van der Waals surface area contributed by atoms with Gasteiger partial charge in [0.2, 0.25) is 0 Å². The van der Waals surface area contributed by atoms with Crippen molar-refractivity contribution in [2.75, 3.05) is 12.4 Å². The molecule has 0 saturated carbocycles. The quantitative estimate of drug-likeness (QED) is 0.729. The molecule has 4 nitrogen and oxygen atoms in total. The van der Waals surface area contributed by atoms with E-state index in [1.165, 1.54) is 30.6 Å². The molecule has 0 spiro atoms. The first-order valence-electron chi connectivity index (χ1n) is 6.28. The molecule has 0 bridgehead atoms. The van der Waals surface area contributed by atoms with Gasteiger partial charge in [-0.15, -0.1) is 0 Å². The molecule has 0 unspecified atom stereocenters. The van der Waals surface area contributed by atoms with E-state index in [1.54, 1.807) is 24.3 Å². The third-order valence-corrected chi connectivity index (χ3v) is 4.40. The lowest BCUT2D eigenvalue weighted by Crippen LogP contribution is -2.13. The Balaban J connectivity index is 1.91. The van der Waals surface area contributed by atoms with Crippen molar-refractivity contribution >= 4 is 48.5 Å². The average molecular weight is 381 g/mol. The van der Waals surface area contributed by atoms with Crippen molar-refractivity contribution in [2.24, 2.45) is 0 Å². The fourth-order valence-electron chi connectivity index (χ4n) is 1.97. The summed E-state index contributed by atoms with van der Waals surface area (Å²) in [5, 5.41) is 3.12. The Hall–Kier alpha value is -1.99. The Morgan fingerprint density at radius 2 is 2.14 bits per heavy atom. The molecule has 1 N–H and O–H groups in total. The van der Waals surface area contributed by atoms with Crippen LogP contribution in [-0.2, 0) is 0 Å². The normalized spacial score (nSPS) is 10.7. The van der Waals surface area contributed by atoms with Crippen molar-refractivity contribution < 1.29 is 13.9 Å². The number of benzene rings is 2. The number of amides is 1. The van der Waals surface area contributed by atoms with Crippen LogP contribution < -0.4 is 10.1 Å². The van der Waals surface area contributed by atoms with Crippen molar-refractivity contribution in [1.82, 2.24) is 4.98 Å². The number of carbonyl (C=O) groups excluding carboxylic acids is 1. The smallest absolute Gasteiger partial charge is 0.261 e. The molecule has 112 valence electrons. The second kappa shape index (κ2) is 6.02. The largest absolute Gasteiger partial charge is 0.496 e. The van der Waals surface area contributed by atoms with Crippen LogP contribution in [0.25, 0.3) is 10.2 Å². The van der Waals surface area contributed by atoms with Crippen LogP contribution >= 0.6 is 27.3 Å². The highest BCUT2D eigenvalue weighted by Gasteiger charge is 2.15. The molecule has 0 aliphatic heterocycles. The van der Waals surface area contributed by atoms with Gasteiger partial charge in [-0.05, 0) is 36.4 Å². The van der Waals surface area contributed by atoms with E-state index in [9.17, 15) is 9.18 Å². The number of ether oxygens (including phenoxy) is 1. The van der Waals surface area contributed by atoms with Crippen molar-refractivity contribution in [1.29, 1.82) is 0 Å². The lowest BCUT2D eigenvalue weighted by Gasteiger charge is -2.08. The molecule has 0 aliphatic carbocycles. The molecule has 22 heavy (non-hydrogen) atoms. The second-order valence-electron chi connectivity index (χ2n) is 4.43. The summed E-state index contributed by atoms with van der Waals surface area (Å²) in [6.07, 6.45) is 0. The van der Waals surface area contributed by atoms with Gasteiger partial charge >= 0.3 is 0 Å². The van der Waals surface area contributed by atoms with Crippen LogP contribution in [0.3, 0.4) is 0 Å². The van der Waals surface area contributed by atoms with Gasteiger partial charge in [0.25, 0.3) is 5.91 Å². The van der Waals surface area contributed by atoms with Gasteiger partial charge in [-0.3, -0.25) is 10.1 Å². The van der Waals surface area contributed by atoms with Crippen molar-refractivity contribution in [3.8, 4) is 5.75 Å². The molecule has 7 heteroatoms. The first-order valence-corrected chi connectivity index (χ1v) is 7.89. The minimum atomic E-state index is -0.335. The molecule has 0 atom stereocenters. The van der Waals surface area contributed by atoms with E-state index in [1.807, 2.05) is 0 Å². The van der Waals surface area contributed by atoms with Gasteiger partial charge in [-0.2, -0.15) is 0 Å². The number of aromatic nitrogens is 1. The van der Waals surface area contributed by atoms with Gasteiger partial charge in [0, 0.05) is 4.47 Å². The van der Waals surface area contributed by atoms with E-state index in [2.05, 4.69) is 26.2 Å². The number of carbonyl (C=O) groups is 1. The van der Waals surface area contributed by atoms with Gasteiger partial charge in [0.15, 0.2) is 5.13 Å². The number of methoxy groups -OCH3 is 1. The fraction of sp³-hybridized carbons (Fsp3) is 0.0667. The summed E-state index contributed by atoms with van der Waals surface area (Å²) in [6, 6.07) is 9.47. The predicted molar refractivity (Wildman–Crippen MR) is 88.2 cm³/mol. The summed E-state index contributed by atoms with van der Waals surface area (Å²) in [7, 11) is 1.50. The first-order chi connectivity index (χ1) is 10.6. The first kappa shape index (κ1) is 14.9. The number of rotatable bonds is 3. The predicted octanol–water partition coefficient (Wildman–Crippen LogP) is 4.46. The zero-order valence-corrected chi connectivity index (χ0v) is 13.8. The maximum absolute atomic E-state index is 13.2. The van der Waals surface area contributed by atoms with Crippen LogP contribution in [0.2, 0.25) is 0 Å². The number of thiazole rings is 1. The summed E-state index contributed by atoms with van der Waals surface area (Å²) in [6.45, 7) is 0. The van der Waals surface area contributed by atoms with Crippen LogP contribution in [0.4, 0.5) is 9.52 Å². The summed E-state index contributed by atoms with van der Waals surface area (Å²) in [5.74, 6) is -0.201. The van der Waals surface area contributed by atoms with Crippen LogP contribution in [0, 0.1) is 5.82 Å². The molecule has 0 aliphatic rings. The molecule has 0 fully saturated rings. The van der Waals surface area contributed by atoms with E-state index < -0.39 is 0 Å². The van der Waals surface area contributed by atoms with E-state index in [-0.39, 0.29) is 11.7 Å². The summed E-state index contributed by atoms with van der Waals surface area (Å²) < 4.78 is 19.8. The average Bonchev–Trinajstić information content (AvgIpc) is 2.88. The minimum Gasteiger partial charge on any atom is -0.496 e. The number of anilines is 1. The maximum atomic E-state index is 13.2. The van der Waals surface area contributed by atoms with E-state index in [0.717, 1.165) is 4.47 Å². The number of hydrogen-bond donors (Lipinski definition) is 1. The Labute approximate surface area is 138 Å². The third kappa shape index (κ3) is 2.95. The van der Waals surface area contributed by atoms with E-state index in [4.69, 9.17) is 4.74 Å². The zero-order valence-electron chi connectivity index (χ0n) is 11.4. The lowest BCUT2D eigenvalue weighted by atomic mass is 10.2. The molecular formula is C15H10BrFN2O2S. The Morgan fingerprint density at radius 3 is 2.91 bits per heavy atom. The number of nitrogens with zero attached hydrogens (tertiary/aromatic N) is 1. The van der Waals surface area contributed by atoms with Gasteiger partial charge in [0.1, 0.15) is 11.6 Å². The Bertz CT molecular complexity index is 866. The lowest BCUT2D eigenvalue weighted by molar-refractivity contribution is 0.102. The number of nitrogens with one attached hydrogen (secondary N) is 1. The van der Waals surface area contributed by atoms with Crippen LogP contribution in [0.1, 0.15) is 10.4 Å². The Morgan fingerprint density at radius 1 is 1.32 bits per heavy atom. The number of halogens is 2. The number of fused-ring (bicyclic) bond motifs is 1. The molecule has 0 radical (unpaired) electrons. The third-order valence-electron chi connectivity index (χ3n) is 2.98. The zero-order chi connectivity index (χ0) is 15.7. The van der Waals surface area contributed by atoms with Crippen molar-refractivity contribution in [2.45, 2.75) is 0 Å². The molecule has 3 rings (SSSR count). The van der Waals surface area contributed by atoms with Crippen molar-refractivity contribution in [3.63, 3.8) is 0 Å². The highest BCUT2D eigenvalue weighted by atomic mass is 79.9. The van der Waals surface area contributed by atoms with Crippen LogP contribution in [0.5, 0.6) is 5.75 Å². The highest BCUT2D eigenvalue weighted by Crippen LogP contribution is 2.28. The minimum absolute atomic E-state index is 0.331. The SMILES string of the molecule is COc1ccc(Br)cc1C(=O)Nc1nc2ccc(F)cc2s1. The second-order valence-corrected chi connectivity index (χ2v) is 6.38. The van der Waals surface area contributed by atoms with Crippen LogP contribution in [0.15, 0.2) is 40.9 Å². The molecule has 1 amide bonds. The fourth-order valence-corrected chi connectivity index (χ4v) is 3.22. The highest BCUT2D eigenvalue weighted by molar-refractivity contribution is 9.10. The maximum Gasteiger partial charge on any atom is 0.261 e. The van der Waals surface area contributed by atoms with Gasteiger partial charge in [0.05, 0.1) is 22.9 Å². The Kier molecular flexibility index (Phi) is 4.08. The topological polar surface area (TPSA) is 51.2 Å². The van der Waals surface area contributed by atoms with Crippen molar-refractivity contribution in [3.05, 3.63) is 52.3 Å². The molecule has 1 heterocycles. The van der Waals surface area contributed by atoms with E-state index >= 15 is 0 Å². The molecule has 3 aromatic rings. The summed E-state index contributed by atoms with van der Waals surface area (Å²) in [4.78, 5) is 16.6. The summed E-state index contributed by atoms with van der Waals surface area (Å²) >= 11 is 4.54. The van der Waals surface area contributed by atoms with Gasteiger partial charge in [-0.25, -0.2) is 9.37 Å². The van der Waals surface area contributed by atoms with Crippen LogP contribution in [-0.4, -0.2) is 18.0 Å². The van der Waals surface area contributed by atoms with Gasteiger partial charge < -0.3 is 4.74 Å². The molecule has 2 aromatic carbocycles. The summed E-state index contributed by atoms with van der Waals surface area (Å²) in [5.41, 5.74) is 1.03. The monoisotopic (exact) mass is 380 g/mol. The van der Waals surface area contributed by atoms with Gasteiger partial charge in [-0.1, -0.05) is 27.3 Å². The molecule has 1 aromatic heterocycles. The standard InChI is InChI=1S/C15H10BrFN2O2S/c1-21-12-5-2-8(16)6-10(12)14(20)19-15-18-11-4-3-9(17)7-13(11)22-15/h2-7H,1H3,(H,18,19,20).